The lowest BCUT2D eigenvalue weighted by Gasteiger charge is -2.37. The molecule has 1 atom stereocenters. The van der Waals surface area contributed by atoms with E-state index in [0.717, 1.165) is 6.42 Å². The van der Waals surface area contributed by atoms with Gasteiger partial charge in [-0.2, -0.15) is 0 Å². The Balaban J connectivity index is 1.97. The molecule has 40 heavy (non-hydrogen) atoms. The predicted molar refractivity (Wildman–Crippen MR) is 180 cm³/mol. The zero-order valence-corrected chi connectivity index (χ0v) is 26.9. The second-order valence-electron chi connectivity index (χ2n) is 12.0. The molecule has 212 valence electrons. The molecule has 0 N–H and O–H groups in total. The zero-order chi connectivity index (χ0) is 28.4. The van der Waals surface area contributed by atoms with E-state index in [-0.39, 0.29) is 0 Å². The van der Waals surface area contributed by atoms with Crippen LogP contribution in [0.2, 0.25) is 0 Å². The average molecular weight is 549 g/mol. The van der Waals surface area contributed by atoms with E-state index in [1.807, 2.05) is 0 Å². The molecular formula is C39H52Si. The van der Waals surface area contributed by atoms with Gasteiger partial charge >= 0.3 is 0 Å². The van der Waals surface area contributed by atoms with E-state index in [1.54, 1.807) is 10.8 Å². The SMILES string of the molecule is CCCCc1ccc([Si](C2=C(C(C)CC)C=CC2)(c2ccc(CCCC)cc2)c2ccc(CCCC)cc2)cc1. The summed E-state index contributed by atoms with van der Waals surface area (Å²) in [5.41, 5.74) is 6.01. The molecule has 0 saturated carbocycles. The minimum Gasteiger partial charge on any atom is -0.0805 e. The number of hydrogen-bond acceptors (Lipinski definition) is 0. The molecule has 0 spiro atoms. The van der Waals surface area contributed by atoms with Crippen molar-refractivity contribution in [3.63, 3.8) is 0 Å². The molecule has 1 aliphatic carbocycles. The first-order chi connectivity index (χ1) is 19.6. The van der Waals surface area contributed by atoms with E-state index in [4.69, 9.17) is 0 Å². The molecule has 0 bridgehead atoms. The van der Waals surface area contributed by atoms with Gasteiger partial charge in [0.05, 0.1) is 0 Å². The first kappa shape index (κ1) is 30.3. The fourth-order valence-electron chi connectivity index (χ4n) is 6.50. The second-order valence-corrected chi connectivity index (χ2v) is 15.8. The van der Waals surface area contributed by atoms with Crippen LogP contribution in [-0.2, 0) is 19.3 Å². The number of aryl methyl sites for hydroxylation is 3. The van der Waals surface area contributed by atoms with E-state index < -0.39 is 8.07 Å². The molecule has 0 heterocycles. The van der Waals surface area contributed by atoms with E-state index in [9.17, 15) is 0 Å². The van der Waals surface area contributed by atoms with Crippen molar-refractivity contribution in [3.05, 3.63) is 112 Å². The lowest BCUT2D eigenvalue weighted by atomic mass is 10.00. The van der Waals surface area contributed by atoms with Gasteiger partial charge in [-0.1, -0.05) is 144 Å². The van der Waals surface area contributed by atoms with Crippen LogP contribution < -0.4 is 15.6 Å². The van der Waals surface area contributed by atoms with Crippen LogP contribution in [0.25, 0.3) is 0 Å². The molecule has 3 aromatic carbocycles. The second kappa shape index (κ2) is 14.8. The molecule has 3 aromatic rings. The van der Waals surface area contributed by atoms with E-state index in [1.165, 1.54) is 96.5 Å². The lowest BCUT2D eigenvalue weighted by molar-refractivity contribution is 0.669. The van der Waals surface area contributed by atoms with E-state index in [0.29, 0.717) is 5.92 Å². The van der Waals surface area contributed by atoms with Gasteiger partial charge in [-0.05, 0) is 95.1 Å². The van der Waals surface area contributed by atoms with Gasteiger partial charge in [0, 0.05) is 0 Å². The van der Waals surface area contributed by atoms with E-state index >= 15 is 0 Å². The molecule has 0 saturated heterocycles. The molecule has 0 aliphatic heterocycles. The predicted octanol–water partition coefficient (Wildman–Crippen LogP) is 9.03. The van der Waals surface area contributed by atoms with Crippen LogP contribution in [0.3, 0.4) is 0 Å². The summed E-state index contributed by atoms with van der Waals surface area (Å²) in [6, 6.07) is 29.6. The third kappa shape index (κ3) is 6.63. The molecule has 0 radical (unpaired) electrons. The number of benzene rings is 3. The first-order valence-corrected chi connectivity index (χ1v) is 18.3. The Hall–Kier alpha value is -2.64. The third-order valence-electron chi connectivity index (χ3n) is 9.18. The van der Waals surface area contributed by atoms with Crippen molar-refractivity contribution in [2.75, 3.05) is 0 Å². The van der Waals surface area contributed by atoms with Crippen LogP contribution >= 0.6 is 0 Å². The largest absolute Gasteiger partial charge is 0.176 e. The minimum absolute atomic E-state index is 0.567. The Bertz CT molecular complexity index is 1120. The van der Waals surface area contributed by atoms with Gasteiger partial charge in [0.15, 0.2) is 8.07 Å². The highest BCUT2D eigenvalue weighted by atomic mass is 28.3. The molecule has 1 heteroatoms. The van der Waals surface area contributed by atoms with Crippen molar-refractivity contribution >= 4 is 23.6 Å². The fraction of sp³-hybridized carbons (Fsp3) is 0.436. The molecule has 0 amide bonds. The minimum atomic E-state index is -2.48. The maximum Gasteiger partial charge on any atom is 0.176 e. The maximum atomic E-state index is 2.51. The Morgan fingerprint density at radius 1 is 0.575 bits per heavy atom. The lowest BCUT2D eigenvalue weighted by Crippen LogP contribution is -2.69. The van der Waals surface area contributed by atoms with Gasteiger partial charge < -0.3 is 0 Å². The summed E-state index contributed by atoms with van der Waals surface area (Å²) in [6.45, 7) is 11.6. The van der Waals surface area contributed by atoms with Crippen LogP contribution in [0.1, 0.15) is 103 Å². The van der Waals surface area contributed by atoms with Gasteiger partial charge in [0.25, 0.3) is 0 Å². The van der Waals surface area contributed by atoms with Crippen LogP contribution in [-0.4, -0.2) is 8.07 Å². The van der Waals surface area contributed by atoms with Crippen LogP contribution in [0.5, 0.6) is 0 Å². The average Bonchev–Trinajstić information content (AvgIpc) is 3.50. The van der Waals surface area contributed by atoms with Gasteiger partial charge in [-0.15, -0.1) is 0 Å². The van der Waals surface area contributed by atoms with Gasteiger partial charge in [0.2, 0.25) is 0 Å². The monoisotopic (exact) mass is 548 g/mol. The standard InChI is InChI=1S/C39H52Si/c1-6-10-14-32-19-25-35(26-20-32)40(39-18-13-17-38(39)31(5)9-4,36-27-21-33(22-28-36)15-11-7-2)37-29-23-34(24-30-37)16-12-8-3/h13,17,19-31H,6-12,14-16,18H2,1-5H3. The Morgan fingerprint density at radius 3 is 1.27 bits per heavy atom. The number of rotatable bonds is 15. The van der Waals surface area contributed by atoms with Crippen molar-refractivity contribution in [2.24, 2.45) is 5.92 Å². The molecule has 0 aromatic heterocycles. The van der Waals surface area contributed by atoms with Crippen molar-refractivity contribution in [1.29, 1.82) is 0 Å². The van der Waals surface area contributed by atoms with Gasteiger partial charge in [-0.3, -0.25) is 0 Å². The Labute approximate surface area is 246 Å². The smallest absolute Gasteiger partial charge is 0.0805 e. The van der Waals surface area contributed by atoms with Crippen LogP contribution in [0, 0.1) is 5.92 Å². The molecule has 1 unspecified atom stereocenters. The number of unbranched alkanes of at least 4 members (excludes halogenated alkanes) is 3. The van der Waals surface area contributed by atoms with Crippen molar-refractivity contribution in [2.45, 2.75) is 105 Å². The highest BCUT2D eigenvalue weighted by Crippen LogP contribution is 2.34. The Kier molecular flexibility index (Phi) is 11.2. The quantitative estimate of drug-likeness (QED) is 0.131. The van der Waals surface area contributed by atoms with Crippen molar-refractivity contribution in [3.8, 4) is 0 Å². The molecular weight excluding hydrogens is 497 g/mol. The first-order valence-electron chi connectivity index (χ1n) is 16.3. The highest BCUT2D eigenvalue weighted by molar-refractivity contribution is 7.16. The summed E-state index contributed by atoms with van der Waals surface area (Å²) >= 11 is 0. The van der Waals surface area contributed by atoms with Crippen molar-refractivity contribution < 1.29 is 0 Å². The fourth-order valence-corrected chi connectivity index (χ4v) is 11.7. The number of allylic oxidation sites excluding steroid dienone is 4. The highest BCUT2D eigenvalue weighted by Gasteiger charge is 2.45. The zero-order valence-electron chi connectivity index (χ0n) is 25.9. The summed E-state index contributed by atoms with van der Waals surface area (Å²) in [6.07, 6.45) is 18.2. The third-order valence-corrected chi connectivity index (χ3v) is 14.2. The molecule has 1 aliphatic rings. The maximum absolute atomic E-state index is 2.51. The Morgan fingerprint density at radius 2 is 0.950 bits per heavy atom. The summed E-state index contributed by atoms with van der Waals surface area (Å²) in [4.78, 5) is 0. The summed E-state index contributed by atoms with van der Waals surface area (Å²) in [7, 11) is -2.48. The van der Waals surface area contributed by atoms with Gasteiger partial charge in [-0.25, -0.2) is 0 Å². The normalized spacial score (nSPS) is 14.2. The van der Waals surface area contributed by atoms with Crippen molar-refractivity contribution in [1.82, 2.24) is 0 Å². The molecule has 0 fully saturated rings. The molecule has 0 nitrogen and oxygen atoms in total. The van der Waals surface area contributed by atoms with Crippen LogP contribution in [0.15, 0.2) is 95.7 Å². The summed E-state index contributed by atoms with van der Waals surface area (Å²) in [5.74, 6) is 0.567. The van der Waals surface area contributed by atoms with Gasteiger partial charge in [0.1, 0.15) is 0 Å². The summed E-state index contributed by atoms with van der Waals surface area (Å²) < 4.78 is 0. The van der Waals surface area contributed by atoms with Crippen LogP contribution in [0.4, 0.5) is 0 Å². The van der Waals surface area contributed by atoms with E-state index in [2.05, 4.69) is 120 Å². The number of hydrogen-bond donors (Lipinski definition) is 0. The molecule has 4 rings (SSSR count). The topological polar surface area (TPSA) is 0 Å². The summed E-state index contributed by atoms with van der Waals surface area (Å²) in [5, 5.41) is 6.31.